The standard InChI is InChI=1S/C16H22N2O/c1-2-9-18(14-7-8-14)16(19)15-10-12-5-3-4-6-13(12)11-17-15/h3-6,14-15,17H,2,7-11H2,1H3/t15-/m1/s1. The van der Waals surface area contributed by atoms with Gasteiger partial charge in [0.25, 0.3) is 0 Å². The summed E-state index contributed by atoms with van der Waals surface area (Å²) in [5.74, 6) is 0.304. The minimum absolute atomic E-state index is 0.0259. The molecule has 3 nitrogen and oxygen atoms in total. The summed E-state index contributed by atoms with van der Waals surface area (Å²) >= 11 is 0. The van der Waals surface area contributed by atoms with Crippen LogP contribution in [0.5, 0.6) is 0 Å². The Morgan fingerprint density at radius 2 is 2.05 bits per heavy atom. The molecule has 0 aromatic heterocycles. The largest absolute Gasteiger partial charge is 0.338 e. The van der Waals surface area contributed by atoms with Gasteiger partial charge in [-0.2, -0.15) is 0 Å². The fraction of sp³-hybridized carbons (Fsp3) is 0.562. The molecular weight excluding hydrogens is 236 g/mol. The molecule has 0 saturated heterocycles. The monoisotopic (exact) mass is 258 g/mol. The molecule has 102 valence electrons. The van der Waals surface area contributed by atoms with Crippen LogP contribution in [0.4, 0.5) is 0 Å². The van der Waals surface area contributed by atoms with Crippen LogP contribution in [-0.2, 0) is 17.8 Å². The summed E-state index contributed by atoms with van der Waals surface area (Å²) in [5, 5.41) is 3.41. The molecule has 1 atom stereocenters. The van der Waals surface area contributed by atoms with E-state index in [1.165, 1.54) is 24.0 Å². The SMILES string of the molecule is CCCN(C(=O)[C@H]1Cc2ccccc2CN1)C1CC1. The van der Waals surface area contributed by atoms with Gasteiger partial charge in [0, 0.05) is 19.1 Å². The summed E-state index contributed by atoms with van der Waals surface area (Å²) in [6.07, 6.45) is 4.26. The van der Waals surface area contributed by atoms with E-state index in [9.17, 15) is 4.79 Å². The molecule has 3 rings (SSSR count). The third-order valence-electron chi connectivity index (χ3n) is 4.11. The molecule has 19 heavy (non-hydrogen) atoms. The number of nitrogens with zero attached hydrogens (tertiary/aromatic N) is 1. The van der Waals surface area contributed by atoms with Crippen molar-refractivity contribution >= 4 is 5.91 Å². The van der Waals surface area contributed by atoms with Gasteiger partial charge < -0.3 is 10.2 Å². The Morgan fingerprint density at radius 1 is 1.32 bits per heavy atom. The van der Waals surface area contributed by atoms with Crippen molar-refractivity contribution in [2.24, 2.45) is 0 Å². The molecule has 1 aliphatic carbocycles. The highest BCUT2D eigenvalue weighted by Gasteiger charge is 2.36. The third-order valence-corrected chi connectivity index (χ3v) is 4.11. The first-order valence-electron chi connectivity index (χ1n) is 7.40. The molecule has 1 N–H and O–H groups in total. The van der Waals surface area contributed by atoms with Gasteiger partial charge in [-0.3, -0.25) is 4.79 Å². The topological polar surface area (TPSA) is 32.3 Å². The maximum Gasteiger partial charge on any atom is 0.240 e. The van der Waals surface area contributed by atoms with Gasteiger partial charge in [-0.1, -0.05) is 31.2 Å². The lowest BCUT2D eigenvalue weighted by atomic mass is 9.95. The number of carbonyl (C=O) groups is 1. The van der Waals surface area contributed by atoms with E-state index < -0.39 is 0 Å². The Kier molecular flexibility index (Phi) is 3.56. The maximum absolute atomic E-state index is 12.6. The molecule has 1 amide bonds. The fourth-order valence-corrected chi connectivity index (χ4v) is 2.93. The van der Waals surface area contributed by atoms with Gasteiger partial charge in [0.05, 0.1) is 6.04 Å². The Hall–Kier alpha value is -1.35. The van der Waals surface area contributed by atoms with Crippen LogP contribution in [0.1, 0.15) is 37.3 Å². The first-order chi connectivity index (χ1) is 9.29. The third kappa shape index (κ3) is 2.66. The van der Waals surface area contributed by atoms with E-state index in [0.29, 0.717) is 11.9 Å². The summed E-state index contributed by atoms with van der Waals surface area (Å²) in [6, 6.07) is 8.92. The molecule has 1 aromatic rings. The molecule has 1 aliphatic heterocycles. The number of fused-ring (bicyclic) bond motifs is 1. The van der Waals surface area contributed by atoms with Gasteiger partial charge in [0.2, 0.25) is 5.91 Å². The van der Waals surface area contributed by atoms with Crippen LogP contribution in [0.3, 0.4) is 0 Å². The van der Waals surface area contributed by atoms with Crippen molar-refractivity contribution < 1.29 is 4.79 Å². The zero-order valence-electron chi connectivity index (χ0n) is 11.6. The van der Waals surface area contributed by atoms with Crippen molar-refractivity contribution in [2.45, 2.75) is 51.2 Å². The molecule has 1 saturated carbocycles. The second-order valence-electron chi connectivity index (χ2n) is 5.67. The molecule has 0 bridgehead atoms. The zero-order valence-corrected chi connectivity index (χ0v) is 11.6. The van der Waals surface area contributed by atoms with Gasteiger partial charge in [0.1, 0.15) is 0 Å². The highest BCUT2D eigenvalue weighted by Crippen LogP contribution is 2.28. The molecule has 1 heterocycles. The van der Waals surface area contributed by atoms with Crippen molar-refractivity contribution in [1.82, 2.24) is 10.2 Å². The molecular formula is C16H22N2O. The number of hydrogen-bond acceptors (Lipinski definition) is 2. The van der Waals surface area contributed by atoms with Crippen LogP contribution >= 0.6 is 0 Å². The number of rotatable bonds is 4. The van der Waals surface area contributed by atoms with Crippen molar-refractivity contribution in [3.05, 3.63) is 35.4 Å². The maximum atomic E-state index is 12.6. The number of nitrogens with one attached hydrogen (secondary N) is 1. The van der Waals surface area contributed by atoms with Crippen molar-refractivity contribution in [2.75, 3.05) is 6.54 Å². The lowest BCUT2D eigenvalue weighted by Crippen LogP contribution is -2.50. The van der Waals surface area contributed by atoms with E-state index in [4.69, 9.17) is 0 Å². The van der Waals surface area contributed by atoms with Crippen LogP contribution in [0.15, 0.2) is 24.3 Å². The van der Waals surface area contributed by atoms with Crippen molar-refractivity contribution in [3.8, 4) is 0 Å². The summed E-state index contributed by atoms with van der Waals surface area (Å²) < 4.78 is 0. The summed E-state index contributed by atoms with van der Waals surface area (Å²) in [5.41, 5.74) is 2.66. The number of benzene rings is 1. The first-order valence-corrected chi connectivity index (χ1v) is 7.40. The van der Waals surface area contributed by atoms with E-state index in [0.717, 1.165) is 25.9 Å². The van der Waals surface area contributed by atoms with E-state index in [1.54, 1.807) is 0 Å². The molecule has 0 unspecified atom stereocenters. The summed E-state index contributed by atoms with van der Waals surface area (Å²) in [7, 11) is 0. The lowest BCUT2D eigenvalue weighted by molar-refractivity contribution is -0.134. The molecule has 0 spiro atoms. The van der Waals surface area contributed by atoms with Crippen molar-refractivity contribution in [1.29, 1.82) is 0 Å². The quantitative estimate of drug-likeness (QED) is 0.897. The average molecular weight is 258 g/mol. The van der Waals surface area contributed by atoms with Crippen LogP contribution in [-0.4, -0.2) is 29.4 Å². The molecule has 2 aliphatic rings. The summed E-state index contributed by atoms with van der Waals surface area (Å²) in [6.45, 7) is 3.87. The van der Waals surface area contributed by atoms with Gasteiger partial charge in [-0.15, -0.1) is 0 Å². The minimum Gasteiger partial charge on any atom is -0.338 e. The van der Waals surface area contributed by atoms with Crippen LogP contribution in [0, 0.1) is 0 Å². The number of carbonyl (C=O) groups excluding carboxylic acids is 1. The molecule has 0 radical (unpaired) electrons. The summed E-state index contributed by atoms with van der Waals surface area (Å²) in [4.78, 5) is 14.7. The zero-order chi connectivity index (χ0) is 13.2. The molecule has 1 fully saturated rings. The Morgan fingerprint density at radius 3 is 2.74 bits per heavy atom. The fourth-order valence-electron chi connectivity index (χ4n) is 2.93. The molecule has 1 aromatic carbocycles. The van der Waals surface area contributed by atoms with Gasteiger partial charge in [-0.25, -0.2) is 0 Å². The highest BCUT2D eigenvalue weighted by atomic mass is 16.2. The normalized spacial score (nSPS) is 21.8. The van der Waals surface area contributed by atoms with Crippen molar-refractivity contribution in [3.63, 3.8) is 0 Å². The predicted molar refractivity (Wildman–Crippen MR) is 75.8 cm³/mol. The van der Waals surface area contributed by atoms with Gasteiger partial charge in [-0.05, 0) is 36.8 Å². The Bertz CT molecular complexity index is 468. The van der Waals surface area contributed by atoms with E-state index in [2.05, 4.69) is 41.4 Å². The van der Waals surface area contributed by atoms with Crippen LogP contribution < -0.4 is 5.32 Å². The van der Waals surface area contributed by atoms with Gasteiger partial charge >= 0.3 is 0 Å². The molecule has 3 heteroatoms. The van der Waals surface area contributed by atoms with E-state index in [-0.39, 0.29) is 6.04 Å². The second-order valence-corrected chi connectivity index (χ2v) is 5.67. The lowest BCUT2D eigenvalue weighted by Gasteiger charge is -2.31. The predicted octanol–water partition coefficient (Wildman–Crippen LogP) is 2.10. The highest BCUT2D eigenvalue weighted by molar-refractivity contribution is 5.83. The van der Waals surface area contributed by atoms with Gasteiger partial charge in [0.15, 0.2) is 0 Å². The Balaban J connectivity index is 1.71. The first kappa shape index (κ1) is 12.7. The second kappa shape index (κ2) is 5.33. The van der Waals surface area contributed by atoms with E-state index in [1.807, 2.05) is 0 Å². The average Bonchev–Trinajstić information content (AvgIpc) is 3.28. The smallest absolute Gasteiger partial charge is 0.240 e. The van der Waals surface area contributed by atoms with Crippen LogP contribution in [0.25, 0.3) is 0 Å². The van der Waals surface area contributed by atoms with E-state index >= 15 is 0 Å². The number of hydrogen-bond donors (Lipinski definition) is 1. The Labute approximate surface area is 115 Å². The van der Waals surface area contributed by atoms with Crippen LogP contribution in [0.2, 0.25) is 0 Å². The minimum atomic E-state index is -0.0259. The number of amides is 1.